The van der Waals surface area contributed by atoms with Crippen molar-refractivity contribution >= 4 is 62.3 Å². The number of rotatable bonds is 11. The lowest BCUT2D eigenvalue weighted by molar-refractivity contribution is -0.140. The van der Waals surface area contributed by atoms with Gasteiger partial charge in [0, 0.05) is 33.2 Å². The third kappa shape index (κ3) is 7.59. The van der Waals surface area contributed by atoms with Crippen molar-refractivity contribution in [2.45, 2.75) is 69.5 Å². The summed E-state index contributed by atoms with van der Waals surface area (Å²) in [6.07, 6.45) is 4.14. The Morgan fingerprint density at radius 3 is 2.10 bits per heavy atom. The monoisotopic (exact) mass is 649 g/mol. The van der Waals surface area contributed by atoms with Crippen molar-refractivity contribution in [2.75, 3.05) is 10.8 Å². The van der Waals surface area contributed by atoms with E-state index in [1.807, 2.05) is 13.8 Å². The zero-order chi connectivity index (χ0) is 30.4. The lowest BCUT2D eigenvalue weighted by Crippen LogP contribution is -2.53. The molecular weight excluding hydrogens is 617 g/mol. The van der Waals surface area contributed by atoms with Gasteiger partial charge in [-0.3, -0.25) is 13.9 Å². The highest BCUT2D eigenvalue weighted by molar-refractivity contribution is 7.92. The molecule has 224 valence electrons. The van der Waals surface area contributed by atoms with Crippen molar-refractivity contribution in [1.29, 1.82) is 0 Å². The molecule has 0 radical (unpaired) electrons. The first-order valence-electron chi connectivity index (χ1n) is 13.9. The van der Waals surface area contributed by atoms with Crippen molar-refractivity contribution in [3.63, 3.8) is 0 Å². The second kappa shape index (κ2) is 14.1. The van der Waals surface area contributed by atoms with Gasteiger partial charge in [-0.1, -0.05) is 78.3 Å². The lowest BCUT2D eigenvalue weighted by atomic mass is 10.1. The van der Waals surface area contributed by atoms with Gasteiger partial charge in [-0.05, 0) is 74.7 Å². The van der Waals surface area contributed by atoms with E-state index in [2.05, 4.69) is 5.32 Å². The third-order valence-electron chi connectivity index (χ3n) is 7.48. The average Bonchev–Trinajstić information content (AvgIpc) is 3.47. The first-order chi connectivity index (χ1) is 20.0. The van der Waals surface area contributed by atoms with Crippen molar-refractivity contribution in [2.24, 2.45) is 0 Å². The molecule has 0 spiro atoms. The standard InChI is InChI=1S/C31H34Cl3N3O4S/c1-3-29(31(39)35-23-7-4-5-8-23)36(19-26-27(33)9-6-10-28(26)34)30(38)20-37(24-15-11-21(2)12-16-24)42(40,41)25-17-13-22(32)14-18-25/h6,9-18,23,29H,3-5,7-8,19-20H2,1-2H3,(H,35,39). The Morgan fingerprint density at radius 2 is 1.52 bits per heavy atom. The molecular formula is C31H34Cl3N3O4S. The van der Waals surface area contributed by atoms with E-state index >= 15 is 0 Å². The van der Waals surface area contributed by atoms with Crippen LogP contribution in [0.15, 0.2) is 71.6 Å². The molecule has 1 saturated carbocycles. The maximum atomic E-state index is 14.2. The number of hydrogen-bond donors (Lipinski definition) is 1. The van der Waals surface area contributed by atoms with Gasteiger partial charge in [-0.25, -0.2) is 8.42 Å². The molecule has 1 atom stereocenters. The van der Waals surface area contributed by atoms with Gasteiger partial charge in [0.2, 0.25) is 11.8 Å². The Hall–Kier alpha value is -2.78. The number of halogens is 3. The van der Waals surface area contributed by atoms with E-state index in [1.54, 1.807) is 42.5 Å². The van der Waals surface area contributed by atoms with Gasteiger partial charge < -0.3 is 10.2 Å². The molecule has 0 saturated heterocycles. The van der Waals surface area contributed by atoms with Crippen LogP contribution in [0.25, 0.3) is 0 Å². The predicted octanol–water partition coefficient (Wildman–Crippen LogP) is 7.02. The Labute approximate surface area is 262 Å². The van der Waals surface area contributed by atoms with Crippen LogP contribution in [0.2, 0.25) is 15.1 Å². The number of sulfonamides is 1. The maximum Gasteiger partial charge on any atom is 0.264 e. The average molecular weight is 651 g/mol. The topological polar surface area (TPSA) is 86.8 Å². The van der Waals surface area contributed by atoms with Gasteiger partial charge in [0.05, 0.1) is 10.6 Å². The van der Waals surface area contributed by atoms with Gasteiger partial charge in [-0.2, -0.15) is 0 Å². The number of hydrogen-bond acceptors (Lipinski definition) is 4. The largest absolute Gasteiger partial charge is 0.352 e. The summed E-state index contributed by atoms with van der Waals surface area (Å²) in [6.45, 7) is 3.08. The molecule has 3 aromatic carbocycles. The van der Waals surface area contributed by atoms with Crippen LogP contribution in [0, 0.1) is 6.92 Å². The highest BCUT2D eigenvalue weighted by Gasteiger charge is 2.35. The van der Waals surface area contributed by atoms with Crippen molar-refractivity contribution in [3.05, 3.63) is 92.9 Å². The number of nitrogens with zero attached hydrogens (tertiary/aromatic N) is 2. The number of benzene rings is 3. The highest BCUT2D eigenvalue weighted by atomic mass is 35.5. The molecule has 0 bridgehead atoms. The number of aryl methyl sites for hydroxylation is 1. The van der Waals surface area contributed by atoms with E-state index in [1.165, 1.54) is 29.2 Å². The van der Waals surface area contributed by atoms with Gasteiger partial charge in [-0.15, -0.1) is 0 Å². The molecule has 1 aliphatic rings. The Morgan fingerprint density at radius 1 is 0.929 bits per heavy atom. The molecule has 4 rings (SSSR count). The molecule has 7 nitrogen and oxygen atoms in total. The summed E-state index contributed by atoms with van der Waals surface area (Å²) in [5.41, 5.74) is 1.71. The van der Waals surface area contributed by atoms with Crippen molar-refractivity contribution < 1.29 is 18.0 Å². The van der Waals surface area contributed by atoms with E-state index in [0.29, 0.717) is 32.7 Å². The number of nitrogens with one attached hydrogen (secondary N) is 1. The molecule has 42 heavy (non-hydrogen) atoms. The minimum absolute atomic E-state index is 0.0213. The molecule has 0 aromatic heterocycles. The lowest BCUT2D eigenvalue weighted by Gasteiger charge is -2.34. The van der Waals surface area contributed by atoms with E-state index in [-0.39, 0.29) is 23.4 Å². The molecule has 11 heteroatoms. The molecule has 1 N–H and O–H groups in total. The molecule has 0 aliphatic heterocycles. The molecule has 1 aliphatic carbocycles. The van der Waals surface area contributed by atoms with Crippen LogP contribution in [-0.2, 0) is 26.2 Å². The Bertz CT molecular complexity index is 1490. The fourth-order valence-electron chi connectivity index (χ4n) is 5.11. The third-order valence-corrected chi connectivity index (χ3v) is 10.2. The van der Waals surface area contributed by atoms with E-state index in [4.69, 9.17) is 34.8 Å². The van der Waals surface area contributed by atoms with Crippen molar-refractivity contribution in [1.82, 2.24) is 10.2 Å². The number of amides is 2. The summed E-state index contributed by atoms with van der Waals surface area (Å²) in [5, 5.41) is 4.16. The maximum absolute atomic E-state index is 14.2. The van der Waals surface area contributed by atoms with Crippen molar-refractivity contribution in [3.8, 4) is 0 Å². The first kappa shape index (κ1) is 32.1. The Kier molecular flexibility index (Phi) is 10.8. The SMILES string of the molecule is CCC(C(=O)NC1CCCC1)N(Cc1c(Cl)cccc1Cl)C(=O)CN(c1ccc(C)cc1)S(=O)(=O)c1ccc(Cl)cc1. The zero-order valence-electron chi connectivity index (χ0n) is 23.5. The highest BCUT2D eigenvalue weighted by Crippen LogP contribution is 2.29. The number of carbonyl (C=O) groups excluding carboxylic acids is 2. The van der Waals surface area contributed by atoms with Crippen LogP contribution in [-0.4, -0.2) is 43.8 Å². The van der Waals surface area contributed by atoms with Crippen LogP contribution in [0.4, 0.5) is 5.69 Å². The minimum Gasteiger partial charge on any atom is -0.352 e. The molecule has 1 unspecified atom stereocenters. The number of anilines is 1. The van der Waals surface area contributed by atoms with Crippen LogP contribution >= 0.6 is 34.8 Å². The van der Waals surface area contributed by atoms with E-state index in [9.17, 15) is 18.0 Å². The minimum atomic E-state index is -4.20. The Balaban J connectivity index is 1.74. The second-order valence-electron chi connectivity index (χ2n) is 10.4. The normalized spacial score (nSPS) is 14.4. The summed E-state index contributed by atoms with van der Waals surface area (Å²) in [4.78, 5) is 29.2. The second-order valence-corrected chi connectivity index (χ2v) is 13.6. The molecule has 2 amide bonds. The summed E-state index contributed by atoms with van der Waals surface area (Å²) in [6, 6.07) is 16.8. The van der Waals surface area contributed by atoms with Crippen LogP contribution in [0.3, 0.4) is 0 Å². The molecule has 1 fully saturated rings. The fourth-order valence-corrected chi connectivity index (χ4v) is 7.17. The number of carbonyl (C=O) groups is 2. The first-order valence-corrected chi connectivity index (χ1v) is 16.5. The summed E-state index contributed by atoms with van der Waals surface area (Å²) < 4.78 is 29.0. The van der Waals surface area contributed by atoms with Gasteiger partial charge in [0.25, 0.3) is 10.0 Å². The van der Waals surface area contributed by atoms with Crippen LogP contribution in [0.5, 0.6) is 0 Å². The fraction of sp³-hybridized carbons (Fsp3) is 0.355. The summed E-state index contributed by atoms with van der Waals surface area (Å²) >= 11 is 19.0. The van der Waals surface area contributed by atoms with Crippen LogP contribution in [0.1, 0.15) is 50.2 Å². The van der Waals surface area contributed by atoms with E-state index in [0.717, 1.165) is 35.6 Å². The molecule has 3 aromatic rings. The predicted molar refractivity (Wildman–Crippen MR) is 169 cm³/mol. The van der Waals surface area contributed by atoms with Gasteiger partial charge >= 0.3 is 0 Å². The smallest absolute Gasteiger partial charge is 0.264 e. The van der Waals surface area contributed by atoms with Gasteiger partial charge in [0.15, 0.2) is 0 Å². The quantitative estimate of drug-likeness (QED) is 0.242. The van der Waals surface area contributed by atoms with Gasteiger partial charge in [0.1, 0.15) is 12.6 Å². The zero-order valence-corrected chi connectivity index (χ0v) is 26.6. The summed E-state index contributed by atoms with van der Waals surface area (Å²) in [5.74, 6) is -0.860. The summed E-state index contributed by atoms with van der Waals surface area (Å²) in [7, 11) is -4.20. The van der Waals surface area contributed by atoms with Crippen LogP contribution < -0.4 is 9.62 Å². The van der Waals surface area contributed by atoms with E-state index < -0.39 is 28.5 Å². The molecule has 0 heterocycles.